The topological polar surface area (TPSA) is 62.5 Å². The number of aliphatic hydroxyl groups is 1. The zero-order chi connectivity index (χ0) is 16.9. The lowest BCUT2D eigenvalue weighted by molar-refractivity contribution is 0.174. The highest BCUT2D eigenvalue weighted by molar-refractivity contribution is 5.80. The van der Waals surface area contributed by atoms with Crippen LogP contribution in [-0.2, 0) is 13.0 Å². The Balaban J connectivity index is 1.74. The molecule has 0 aliphatic heterocycles. The molecule has 0 bridgehead atoms. The first kappa shape index (κ1) is 16.4. The maximum atomic E-state index is 11.8. The lowest BCUT2D eigenvalue weighted by Gasteiger charge is -2.13. The van der Waals surface area contributed by atoms with Gasteiger partial charge in [-0.05, 0) is 29.2 Å². The van der Waals surface area contributed by atoms with Crippen LogP contribution in [0, 0.1) is 0 Å². The molecule has 1 atom stereocenters. The second-order valence-electron chi connectivity index (χ2n) is 5.83. The van der Waals surface area contributed by atoms with Gasteiger partial charge in [0.05, 0.1) is 6.10 Å². The molecule has 0 aliphatic carbocycles. The average molecular weight is 323 g/mol. The molecule has 0 fully saturated rings. The van der Waals surface area contributed by atoms with E-state index in [1.54, 1.807) is 0 Å². The lowest BCUT2D eigenvalue weighted by atomic mass is 10.1. The highest BCUT2D eigenvalue weighted by Gasteiger charge is 2.09. The molecule has 3 rings (SSSR count). The Kier molecular flexibility index (Phi) is 5.08. The van der Waals surface area contributed by atoms with E-state index in [-0.39, 0.29) is 5.63 Å². The van der Waals surface area contributed by atoms with E-state index in [0.29, 0.717) is 18.7 Å². The second-order valence-corrected chi connectivity index (χ2v) is 5.83. The van der Waals surface area contributed by atoms with Crippen molar-refractivity contribution >= 4 is 11.0 Å². The molecule has 1 aromatic heterocycles. The molecule has 0 saturated heterocycles. The van der Waals surface area contributed by atoms with Crippen LogP contribution in [-0.4, -0.2) is 11.7 Å². The summed E-state index contributed by atoms with van der Waals surface area (Å²) >= 11 is 0. The van der Waals surface area contributed by atoms with Crippen molar-refractivity contribution in [1.82, 2.24) is 5.32 Å². The molecule has 4 nitrogen and oxygen atoms in total. The number of nitrogens with one attached hydrogen (secondary N) is 1. The van der Waals surface area contributed by atoms with Gasteiger partial charge in [0.2, 0.25) is 0 Å². The van der Waals surface area contributed by atoms with Gasteiger partial charge >= 0.3 is 5.63 Å². The molecule has 0 radical (unpaired) electrons. The standard InChI is InChI=1S/C20H21NO3/c1-2-14-8-9-17-16(11-20(23)24-19(17)10-14)12-21-13-18(22)15-6-4-3-5-7-15/h3-11,18,21-22H,2,12-13H2,1H3/t18-/m1/s1. The minimum Gasteiger partial charge on any atom is -0.423 e. The molecule has 3 aromatic rings. The molecule has 124 valence electrons. The van der Waals surface area contributed by atoms with E-state index in [1.165, 1.54) is 6.07 Å². The van der Waals surface area contributed by atoms with E-state index in [9.17, 15) is 9.90 Å². The van der Waals surface area contributed by atoms with Crippen molar-refractivity contribution < 1.29 is 9.52 Å². The van der Waals surface area contributed by atoms with E-state index in [1.807, 2.05) is 48.5 Å². The number of rotatable bonds is 6. The number of hydrogen-bond donors (Lipinski definition) is 2. The number of aryl methyl sites for hydroxylation is 1. The fourth-order valence-electron chi connectivity index (χ4n) is 2.78. The van der Waals surface area contributed by atoms with Gasteiger partial charge in [0.25, 0.3) is 0 Å². The molecule has 0 saturated carbocycles. The molecule has 0 aliphatic rings. The summed E-state index contributed by atoms with van der Waals surface area (Å²) in [4.78, 5) is 11.8. The van der Waals surface area contributed by atoms with Crippen molar-refractivity contribution in [2.75, 3.05) is 6.54 Å². The van der Waals surface area contributed by atoms with Gasteiger partial charge in [0.1, 0.15) is 5.58 Å². The first-order valence-electron chi connectivity index (χ1n) is 8.16. The van der Waals surface area contributed by atoms with E-state index < -0.39 is 6.10 Å². The van der Waals surface area contributed by atoms with Gasteiger partial charge in [0, 0.05) is 24.5 Å². The predicted molar refractivity (Wildman–Crippen MR) is 95.0 cm³/mol. The van der Waals surface area contributed by atoms with Gasteiger partial charge < -0.3 is 14.8 Å². The zero-order valence-electron chi connectivity index (χ0n) is 13.7. The predicted octanol–water partition coefficient (Wildman–Crippen LogP) is 3.18. The Morgan fingerprint density at radius 1 is 1.12 bits per heavy atom. The van der Waals surface area contributed by atoms with Gasteiger partial charge in [-0.25, -0.2) is 4.79 Å². The third-order valence-corrected chi connectivity index (χ3v) is 4.14. The zero-order valence-corrected chi connectivity index (χ0v) is 13.7. The molecule has 2 N–H and O–H groups in total. The van der Waals surface area contributed by atoms with Gasteiger partial charge in [-0.1, -0.05) is 49.4 Å². The molecule has 4 heteroatoms. The summed E-state index contributed by atoms with van der Waals surface area (Å²) in [6.07, 6.45) is 0.315. The van der Waals surface area contributed by atoms with Crippen LogP contribution in [0.2, 0.25) is 0 Å². The van der Waals surface area contributed by atoms with Crippen LogP contribution in [0.1, 0.15) is 29.7 Å². The minimum absolute atomic E-state index is 0.351. The number of hydrogen-bond acceptors (Lipinski definition) is 4. The van der Waals surface area contributed by atoms with Gasteiger partial charge in [0.15, 0.2) is 0 Å². The Morgan fingerprint density at radius 3 is 2.67 bits per heavy atom. The van der Waals surface area contributed by atoms with Gasteiger partial charge in [-0.2, -0.15) is 0 Å². The van der Waals surface area contributed by atoms with Crippen LogP contribution in [0.3, 0.4) is 0 Å². The van der Waals surface area contributed by atoms with Crippen LogP contribution >= 0.6 is 0 Å². The molecular weight excluding hydrogens is 302 g/mol. The molecule has 0 spiro atoms. The summed E-state index contributed by atoms with van der Waals surface area (Å²) in [5, 5.41) is 14.3. The van der Waals surface area contributed by atoms with Crippen molar-refractivity contribution in [3.63, 3.8) is 0 Å². The maximum absolute atomic E-state index is 11.8. The molecule has 1 heterocycles. The first-order valence-corrected chi connectivity index (χ1v) is 8.16. The minimum atomic E-state index is -0.579. The lowest BCUT2D eigenvalue weighted by Crippen LogP contribution is -2.21. The summed E-state index contributed by atoms with van der Waals surface area (Å²) in [5.41, 5.74) is 3.15. The SMILES string of the molecule is CCc1ccc2c(CNC[C@@H](O)c3ccccc3)cc(=O)oc2c1. The second kappa shape index (κ2) is 7.43. The van der Waals surface area contributed by atoms with Crippen molar-refractivity contribution in [1.29, 1.82) is 0 Å². The fraction of sp³-hybridized carbons (Fsp3) is 0.250. The summed E-state index contributed by atoms with van der Waals surface area (Å²) in [5.74, 6) is 0. The van der Waals surface area contributed by atoms with Crippen LogP contribution in [0.4, 0.5) is 0 Å². The number of benzene rings is 2. The van der Waals surface area contributed by atoms with E-state index >= 15 is 0 Å². The molecule has 0 unspecified atom stereocenters. The summed E-state index contributed by atoms with van der Waals surface area (Å²) in [6.45, 7) is 2.98. The first-order chi connectivity index (χ1) is 11.7. The average Bonchev–Trinajstić information content (AvgIpc) is 2.61. The smallest absolute Gasteiger partial charge is 0.336 e. The largest absolute Gasteiger partial charge is 0.423 e. The van der Waals surface area contributed by atoms with Crippen molar-refractivity contribution in [2.45, 2.75) is 26.0 Å². The van der Waals surface area contributed by atoms with Crippen LogP contribution in [0.5, 0.6) is 0 Å². The molecule has 24 heavy (non-hydrogen) atoms. The number of aliphatic hydroxyl groups excluding tert-OH is 1. The van der Waals surface area contributed by atoms with Crippen LogP contribution in [0.15, 0.2) is 63.8 Å². The highest BCUT2D eigenvalue weighted by Crippen LogP contribution is 2.19. The quantitative estimate of drug-likeness (QED) is 0.684. The van der Waals surface area contributed by atoms with Crippen LogP contribution in [0.25, 0.3) is 11.0 Å². The third kappa shape index (κ3) is 3.72. The summed E-state index contributed by atoms with van der Waals surface area (Å²) < 4.78 is 5.31. The van der Waals surface area contributed by atoms with Crippen LogP contribution < -0.4 is 10.9 Å². The van der Waals surface area contributed by atoms with Gasteiger partial charge in [-0.15, -0.1) is 0 Å². The Labute approximate surface area is 140 Å². The Morgan fingerprint density at radius 2 is 1.92 bits per heavy atom. The van der Waals surface area contributed by atoms with E-state index in [0.717, 1.165) is 28.5 Å². The molecule has 0 amide bonds. The highest BCUT2D eigenvalue weighted by atomic mass is 16.4. The Hall–Kier alpha value is -2.43. The van der Waals surface area contributed by atoms with Crippen molar-refractivity contribution in [3.05, 3.63) is 81.7 Å². The van der Waals surface area contributed by atoms with E-state index in [2.05, 4.69) is 12.2 Å². The monoisotopic (exact) mass is 323 g/mol. The molecular formula is C20H21NO3. The number of fused-ring (bicyclic) bond motifs is 1. The van der Waals surface area contributed by atoms with Crippen molar-refractivity contribution in [2.24, 2.45) is 0 Å². The van der Waals surface area contributed by atoms with E-state index in [4.69, 9.17) is 4.42 Å². The molecule has 2 aromatic carbocycles. The van der Waals surface area contributed by atoms with Gasteiger partial charge in [-0.3, -0.25) is 0 Å². The van der Waals surface area contributed by atoms with Crippen molar-refractivity contribution in [3.8, 4) is 0 Å². The third-order valence-electron chi connectivity index (χ3n) is 4.14. The summed E-state index contributed by atoms with van der Waals surface area (Å²) in [7, 11) is 0. The Bertz CT molecular complexity index is 871. The normalized spacial score (nSPS) is 12.4. The maximum Gasteiger partial charge on any atom is 0.336 e. The summed E-state index contributed by atoms with van der Waals surface area (Å²) in [6, 6.07) is 17.0. The fourth-order valence-corrected chi connectivity index (χ4v) is 2.78.